The van der Waals surface area contributed by atoms with Gasteiger partial charge in [-0.3, -0.25) is 0 Å². The number of fused-ring (bicyclic) bond motifs is 2. The lowest BCUT2D eigenvalue weighted by atomic mass is 9.91. The Bertz CT molecular complexity index is 1790. The normalized spacial score (nSPS) is 16.3. The number of rotatable bonds is 8. The number of thiazole rings is 1. The summed E-state index contributed by atoms with van der Waals surface area (Å²) in [6.45, 7) is 10.1. The SMILES string of the molecule is Cc1cc2nc(-c3ccc4ncn(C5CCN(C)CC5)c4c3)sc2c(-c2ccc(Cl)cc2)c1C(OC(C)C(C)C)C(=O)O. The van der Waals surface area contributed by atoms with Gasteiger partial charge in [0.15, 0.2) is 6.10 Å². The van der Waals surface area contributed by atoms with Gasteiger partial charge in [-0.1, -0.05) is 37.6 Å². The van der Waals surface area contributed by atoms with E-state index >= 15 is 0 Å². The summed E-state index contributed by atoms with van der Waals surface area (Å²) >= 11 is 7.84. The van der Waals surface area contributed by atoms with E-state index in [0.29, 0.717) is 16.6 Å². The highest BCUT2D eigenvalue weighted by atomic mass is 35.5. The number of halogens is 1. The van der Waals surface area contributed by atoms with Crippen LogP contribution in [0.15, 0.2) is 54.9 Å². The molecule has 7 nitrogen and oxygen atoms in total. The lowest BCUT2D eigenvalue weighted by Gasteiger charge is -2.30. The number of ether oxygens (including phenoxy) is 1. The second-order valence-electron chi connectivity index (χ2n) is 12.0. The van der Waals surface area contributed by atoms with E-state index in [1.165, 1.54) is 0 Å². The number of hydrogen-bond donors (Lipinski definition) is 1. The number of piperidine rings is 1. The van der Waals surface area contributed by atoms with E-state index in [9.17, 15) is 9.90 Å². The van der Waals surface area contributed by atoms with Crippen LogP contribution < -0.4 is 0 Å². The predicted molar refractivity (Wildman–Crippen MR) is 175 cm³/mol. The van der Waals surface area contributed by atoms with Gasteiger partial charge in [0, 0.05) is 27.8 Å². The van der Waals surface area contributed by atoms with Crippen LogP contribution in [0.5, 0.6) is 0 Å². The minimum atomic E-state index is -1.13. The van der Waals surface area contributed by atoms with Crippen molar-refractivity contribution in [2.75, 3.05) is 20.1 Å². The fourth-order valence-electron chi connectivity index (χ4n) is 5.92. The minimum Gasteiger partial charge on any atom is -0.479 e. The summed E-state index contributed by atoms with van der Waals surface area (Å²) in [7, 11) is 2.18. The molecule has 0 radical (unpaired) electrons. The summed E-state index contributed by atoms with van der Waals surface area (Å²) < 4.78 is 9.48. The summed E-state index contributed by atoms with van der Waals surface area (Å²) in [5.74, 6) is -0.847. The molecule has 1 aliphatic heterocycles. The Labute approximate surface area is 261 Å². The van der Waals surface area contributed by atoms with Crippen LogP contribution in [0.1, 0.15) is 56.9 Å². The van der Waals surface area contributed by atoms with Crippen LogP contribution in [0.4, 0.5) is 0 Å². The number of carbonyl (C=O) groups is 1. The first-order chi connectivity index (χ1) is 20.6. The van der Waals surface area contributed by atoms with Crippen molar-refractivity contribution in [2.24, 2.45) is 5.92 Å². The monoisotopic (exact) mass is 616 g/mol. The molecule has 43 heavy (non-hydrogen) atoms. The number of imidazole rings is 1. The number of nitrogens with zero attached hydrogens (tertiary/aromatic N) is 4. The Morgan fingerprint density at radius 2 is 1.74 bits per heavy atom. The Balaban J connectivity index is 1.51. The maximum atomic E-state index is 12.7. The van der Waals surface area contributed by atoms with Crippen molar-refractivity contribution in [1.29, 1.82) is 0 Å². The first-order valence-corrected chi connectivity index (χ1v) is 16.0. The molecule has 5 aromatic rings. The quantitative estimate of drug-likeness (QED) is 0.189. The Morgan fingerprint density at radius 3 is 2.42 bits per heavy atom. The molecule has 0 amide bonds. The van der Waals surface area contributed by atoms with E-state index < -0.39 is 12.1 Å². The molecule has 2 atom stereocenters. The molecular weight excluding hydrogens is 580 g/mol. The molecular formula is C34H37ClN4O3S. The highest BCUT2D eigenvalue weighted by Crippen LogP contribution is 2.44. The minimum absolute atomic E-state index is 0.165. The standard InChI is InChI=1S/C34H37ClN4O3S/c1-19(2)21(4)42-31(34(40)41)29-20(3)16-27-32(30(29)22-6-9-24(35)10-7-22)43-33(37-27)23-8-11-26-28(17-23)39(18-36-26)25-12-14-38(5)15-13-25/h6-11,16-19,21,25,31H,12-15H2,1-5H3,(H,40,41). The van der Waals surface area contributed by atoms with Crippen LogP contribution in [0.25, 0.3) is 42.9 Å². The summed E-state index contributed by atoms with van der Waals surface area (Å²) in [6, 6.07) is 16.3. The number of aryl methyl sites for hydroxylation is 1. The van der Waals surface area contributed by atoms with Crippen LogP contribution in [-0.4, -0.2) is 56.8 Å². The molecule has 3 aromatic carbocycles. The average molecular weight is 617 g/mol. The fourth-order valence-corrected chi connectivity index (χ4v) is 7.17. The maximum absolute atomic E-state index is 12.7. The number of aliphatic carboxylic acids is 1. The Kier molecular flexibility index (Phi) is 8.31. The average Bonchev–Trinajstić information content (AvgIpc) is 3.60. The van der Waals surface area contributed by atoms with Gasteiger partial charge in [0.25, 0.3) is 0 Å². The second kappa shape index (κ2) is 12.0. The molecule has 3 heterocycles. The van der Waals surface area contributed by atoms with Gasteiger partial charge in [-0.05, 0) is 100 Å². The molecule has 224 valence electrons. The number of carboxylic acids is 1. The molecule has 1 saturated heterocycles. The van der Waals surface area contributed by atoms with Gasteiger partial charge in [-0.2, -0.15) is 0 Å². The summed E-state index contributed by atoms with van der Waals surface area (Å²) in [5, 5.41) is 11.9. The van der Waals surface area contributed by atoms with Crippen molar-refractivity contribution < 1.29 is 14.6 Å². The largest absolute Gasteiger partial charge is 0.479 e. The summed E-state index contributed by atoms with van der Waals surface area (Å²) in [4.78, 5) is 24.9. The molecule has 9 heteroatoms. The fraction of sp³-hybridized carbons (Fsp3) is 0.382. The Morgan fingerprint density at radius 1 is 1.05 bits per heavy atom. The third kappa shape index (κ3) is 5.81. The van der Waals surface area contributed by atoms with Gasteiger partial charge < -0.3 is 19.3 Å². The first-order valence-electron chi connectivity index (χ1n) is 14.8. The predicted octanol–water partition coefficient (Wildman–Crippen LogP) is 8.40. The van der Waals surface area contributed by atoms with Crippen molar-refractivity contribution in [3.8, 4) is 21.7 Å². The zero-order chi connectivity index (χ0) is 30.4. The van der Waals surface area contributed by atoms with E-state index in [1.54, 1.807) is 11.3 Å². The van der Waals surface area contributed by atoms with Crippen molar-refractivity contribution in [3.05, 3.63) is 71.0 Å². The van der Waals surface area contributed by atoms with Gasteiger partial charge in [0.1, 0.15) is 5.01 Å². The van der Waals surface area contributed by atoms with E-state index in [1.807, 2.05) is 64.4 Å². The third-order valence-electron chi connectivity index (χ3n) is 8.74. The van der Waals surface area contributed by atoms with Gasteiger partial charge >= 0.3 is 5.97 Å². The van der Waals surface area contributed by atoms with Crippen molar-refractivity contribution in [1.82, 2.24) is 19.4 Å². The molecule has 0 aliphatic carbocycles. The van der Waals surface area contributed by atoms with E-state index in [0.717, 1.165) is 74.4 Å². The molecule has 0 spiro atoms. The zero-order valence-electron chi connectivity index (χ0n) is 25.2. The lowest BCUT2D eigenvalue weighted by Crippen LogP contribution is -2.31. The van der Waals surface area contributed by atoms with Crippen LogP contribution in [0.2, 0.25) is 5.02 Å². The lowest BCUT2D eigenvalue weighted by molar-refractivity contribution is -0.156. The molecule has 0 bridgehead atoms. The van der Waals surface area contributed by atoms with Crippen molar-refractivity contribution in [3.63, 3.8) is 0 Å². The summed E-state index contributed by atoms with van der Waals surface area (Å²) in [6.07, 6.45) is 2.80. The maximum Gasteiger partial charge on any atom is 0.337 e. The second-order valence-corrected chi connectivity index (χ2v) is 13.5. The van der Waals surface area contributed by atoms with Crippen molar-refractivity contribution >= 4 is 50.2 Å². The number of likely N-dealkylation sites (tertiary alicyclic amines) is 1. The number of benzene rings is 3. The summed E-state index contributed by atoms with van der Waals surface area (Å²) in [5.41, 5.74) is 7.13. The van der Waals surface area contributed by atoms with Gasteiger partial charge in [-0.15, -0.1) is 11.3 Å². The number of carboxylic acid groups (broad SMARTS) is 1. The van der Waals surface area contributed by atoms with Gasteiger partial charge in [-0.25, -0.2) is 14.8 Å². The first kappa shape index (κ1) is 29.8. The van der Waals surface area contributed by atoms with E-state index in [-0.39, 0.29) is 12.0 Å². The molecule has 2 aromatic heterocycles. The van der Waals surface area contributed by atoms with Crippen LogP contribution in [0.3, 0.4) is 0 Å². The number of hydrogen-bond acceptors (Lipinski definition) is 6. The van der Waals surface area contributed by atoms with Crippen molar-refractivity contribution in [2.45, 2.75) is 58.8 Å². The third-order valence-corrected chi connectivity index (χ3v) is 10.1. The molecule has 0 saturated carbocycles. The molecule has 1 aliphatic rings. The Hall–Kier alpha value is -3.30. The topological polar surface area (TPSA) is 80.5 Å². The van der Waals surface area contributed by atoms with E-state index in [4.69, 9.17) is 26.3 Å². The van der Waals surface area contributed by atoms with Crippen LogP contribution in [-0.2, 0) is 9.53 Å². The van der Waals surface area contributed by atoms with Gasteiger partial charge in [0.05, 0.1) is 33.7 Å². The molecule has 2 unspecified atom stereocenters. The van der Waals surface area contributed by atoms with E-state index in [2.05, 4.69) is 34.7 Å². The van der Waals surface area contributed by atoms with Crippen LogP contribution >= 0.6 is 22.9 Å². The molecule has 1 N–H and O–H groups in total. The smallest absolute Gasteiger partial charge is 0.337 e. The van der Waals surface area contributed by atoms with Gasteiger partial charge in [0.2, 0.25) is 0 Å². The zero-order valence-corrected chi connectivity index (χ0v) is 26.7. The number of aromatic nitrogens is 3. The van der Waals surface area contributed by atoms with Crippen LogP contribution in [0, 0.1) is 12.8 Å². The molecule has 6 rings (SSSR count). The highest BCUT2D eigenvalue weighted by Gasteiger charge is 2.31. The molecule has 1 fully saturated rings. The highest BCUT2D eigenvalue weighted by molar-refractivity contribution is 7.22.